The Kier molecular flexibility index (Phi) is 4.33. The Bertz CT molecular complexity index is 968. The number of carbonyl (C=O) groups is 1. The van der Waals surface area contributed by atoms with Gasteiger partial charge < -0.3 is 10.2 Å². The van der Waals surface area contributed by atoms with Gasteiger partial charge in [-0.25, -0.2) is 0 Å². The van der Waals surface area contributed by atoms with Crippen LogP contribution < -0.4 is 10.2 Å². The van der Waals surface area contributed by atoms with E-state index >= 15 is 0 Å². The zero-order valence-corrected chi connectivity index (χ0v) is 15.6. The third kappa shape index (κ3) is 2.93. The molecule has 0 aromatic heterocycles. The van der Waals surface area contributed by atoms with Crippen molar-refractivity contribution in [2.24, 2.45) is 0 Å². The van der Waals surface area contributed by atoms with Crippen LogP contribution >= 0.6 is 11.6 Å². The number of rotatable bonds is 2. The van der Waals surface area contributed by atoms with E-state index in [0.29, 0.717) is 0 Å². The van der Waals surface area contributed by atoms with Gasteiger partial charge in [0.1, 0.15) is 0 Å². The minimum Gasteiger partial charge on any atom is -0.378 e. The number of fused-ring (bicyclic) bond motifs is 3. The van der Waals surface area contributed by atoms with Crippen LogP contribution in [0.2, 0.25) is 5.02 Å². The molecule has 4 rings (SSSR count). The molecule has 26 heavy (non-hydrogen) atoms. The molecule has 3 aromatic rings. The first-order chi connectivity index (χ1) is 12.5. The van der Waals surface area contributed by atoms with Crippen molar-refractivity contribution in [1.82, 2.24) is 0 Å². The number of nitrogens with one attached hydrogen (secondary N) is 1. The lowest BCUT2D eigenvalue weighted by atomic mass is 9.88. The number of benzene rings is 3. The summed E-state index contributed by atoms with van der Waals surface area (Å²) >= 11 is 6.01. The molecular weight excluding hydrogens is 344 g/mol. The molecule has 1 N–H and O–H groups in total. The Hall–Kier alpha value is -2.52. The fourth-order valence-electron chi connectivity index (χ4n) is 3.97. The second-order valence-electron chi connectivity index (χ2n) is 6.90. The molecule has 0 radical (unpaired) electrons. The maximum absolute atomic E-state index is 12.4. The van der Waals surface area contributed by atoms with E-state index in [4.69, 9.17) is 11.6 Å². The molecular formula is C22H21ClN2O. The zero-order valence-electron chi connectivity index (χ0n) is 14.9. The summed E-state index contributed by atoms with van der Waals surface area (Å²) in [4.78, 5) is 14.4. The normalized spacial score (nSPS) is 19.3. The van der Waals surface area contributed by atoms with Crippen molar-refractivity contribution in [3.63, 3.8) is 0 Å². The highest BCUT2D eigenvalue weighted by Gasteiger charge is 2.33. The van der Waals surface area contributed by atoms with Crippen LogP contribution in [0.15, 0.2) is 60.7 Å². The highest BCUT2D eigenvalue weighted by atomic mass is 35.5. The summed E-state index contributed by atoms with van der Waals surface area (Å²) < 4.78 is 0. The van der Waals surface area contributed by atoms with Gasteiger partial charge in [0.05, 0.1) is 11.7 Å². The second kappa shape index (κ2) is 6.65. The molecule has 2 unspecified atom stereocenters. The number of anilines is 2. The fraction of sp³-hybridized carbons (Fsp3) is 0.227. The molecule has 1 aliphatic heterocycles. The van der Waals surface area contributed by atoms with Crippen molar-refractivity contribution >= 4 is 39.7 Å². The predicted molar refractivity (Wildman–Crippen MR) is 109 cm³/mol. The van der Waals surface area contributed by atoms with Gasteiger partial charge in [-0.05, 0) is 48.6 Å². The third-order valence-corrected chi connectivity index (χ3v) is 5.34. The van der Waals surface area contributed by atoms with Crippen LogP contribution in [0.4, 0.5) is 11.4 Å². The Labute approximate surface area is 158 Å². The zero-order chi connectivity index (χ0) is 18.3. The van der Waals surface area contributed by atoms with E-state index in [1.807, 2.05) is 41.3 Å². The standard InChI is InChI=1S/C22H21ClN2O/c1-14-13-21(24-18-10-8-17(23)9-11-18)20-12-7-16-5-3-4-6-19(16)22(20)25(14)15(2)26/h3-12,14,21,24H,13H2,1-2H3. The molecule has 1 aliphatic rings. The molecule has 0 bridgehead atoms. The van der Waals surface area contributed by atoms with Crippen molar-refractivity contribution in [3.05, 3.63) is 71.2 Å². The van der Waals surface area contributed by atoms with E-state index in [0.717, 1.165) is 39.2 Å². The number of nitrogens with zero attached hydrogens (tertiary/aromatic N) is 1. The van der Waals surface area contributed by atoms with Crippen molar-refractivity contribution in [3.8, 4) is 0 Å². The lowest BCUT2D eigenvalue weighted by Gasteiger charge is -2.40. The van der Waals surface area contributed by atoms with E-state index in [9.17, 15) is 4.79 Å². The molecule has 0 saturated carbocycles. The van der Waals surface area contributed by atoms with Crippen LogP contribution in [0, 0.1) is 0 Å². The largest absolute Gasteiger partial charge is 0.378 e. The van der Waals surface area contributed by atoms with E-state index < -0.39 is 0 Å². The fourth-order valence-corrected chi connectivity index (χ4v) is 4.09. The summed E-state index contributed by atoms with van der Waals surface area (Å²) in [6, 6.07) is 20.6. The van der Waals surface area contributed by atoms with Crippen molar-refractivity contribution in [1.29, 1.82) is 0 Å². The van der Waals surface area contributed by atoms with Gasteiger partial charge >= 0.3 is 0 Å². The third-order valence-electron chi connectivity index (χ3n) is 5.09. The molecule has 132 valence electrons. The number of hydrogen-bond acceptors (Lipinski definition) is 2. The molecule has 1 amide bonds. The van der Waals surface area contributed by atoms with Crippen LogP contribution in [-0.4, -0.2) is 11.9 Å². The van der Waals surface area contributed by atoms with Crippen LogP contribution in [0.1, 0.15) is 31.9 Å². The average Bonchev–Trinajstić information content (AvgIpc) is 2.63. The van der Waals surface area contributed by atoms with Crippen molar-refractivity contribution in [2.45, 2.75) is 32.4 Å². The van der Waals surface area contributed by atoms with Crippen LogP contribution in [0.25, 0.3) is 10.8 Å². The monoisotopic (exact) mass is 364 g/mol. The summed E-state index contributed by atoms with van der Waals surface area (Å²) in [5.41, 5.74) is 3.22. The number of amides is 1. The van der Waals surface area contributed by atoms with Gasteiger partial charge in [0.25, 0.3) is 0 Å². The molecule has 3 nitrogen and oxygen atoms in total. The topological polar surface area (TPSA) is 32.3 Å². The Morgan fingerprint density at radius 2 is 1.81 bits per heavy atom. The van der Waals surface area contributed by atoms with E-state index in [1.54, 1.807) is 6.92 Å². The Balaban J connectivity index is 1.84. The highest BCUT2D eigenvalue weighted by molar-refractivity contribution is 6.30. The number of hydrogen-bond donors (Lipinski definition) is 1. The molecule has 4 heteroatoms. The van der Waals surface area contributed by atoms with Gasteiger partial charge in [-0.15, -0.1) is 0 Å². The maximum Gasteiger partial charge on any atom is 0.224 e. The van der Waals surface area contributed by atoms with Crippen LogP contribution in [0.3, 0.4) is 0 Å². The minimum atomic E-state index is 0.0834. The second-order valence-corrected chi connectivity index (χ2v) is 7.34. The molecule has 1 heterocycles. The molecule has 3 aromatic carbocycles. The van der Waals surface area contributed by atoms with Gasteiger partial charge in [0.2, 0.25) is 5.91 Å². The van der Waals surface area contributed by atoms with E-state index in [1.165, 1.54) is 0 Å². The van der Waals surface area contributed by atoms with E-state index in [-0.39, 0.29) is 18.0 Å². The highest BCUT2D eigenvalue weighted by Crippen LogP contribution is 2.43. The van der Waals surface area contributed by atoms with Gasteiger partial charge in [0, 0.05) is 29.1 Å². The lowest BCUT2D eigenvalue weighted by molar-refractivity contribution is -0.117. The Morgan fingerprint density at radius 3 is 2.54 bits per heavy atom. The lowest BCUT2D eigenvalue weighted by Crippen LogP contribution is -2.43. The first kappa shape index (κ1) is 16.9. The molecule has 2 atom stereocenters. The molecule has 0 spiro atoms. The van der Waals surface area contributed by atoms with Gasteiger partial charge in [0.15, 0.2) is 0 Å². The van der Waals surface area contributed by atoms with Gasteiger partial charge in [-0.1, -0.05) is 48.0 Å². The maximum atomic E-state index is 12.4. The van der Waals surface area contributed by atoms with Crippen LogP contribution in [-0.2, 0) is 4.79 Å². The number of halogens is 1. The summed E-state index contributed by atoms with van der Waals surface area (Å²) in [6.45, 7) is 3.76. The van der Waals surface area contributed by atoms with E-state index in [2.05, 4.69) is 36.5 Å². The minimum absolute atomic E-state index is 0.0834. The van der Waals surface area contributed by atoms with Crippen molar-refractivity contribution in [2.75, 3.05) is 10.2 Å². The predicted octanol–water partition coefficient (Wildman–Crippen LogP) is 5.79. The molecule has 0 saturated heterocycles. The first-order valence-electron chi connectivity index (χ1n) is 8.88. The van der Waals surface area contributed by atoms with Gasteiger partial charge in [-0.3, -0.25) is 4.79 Å². The summed E-state index contributed by atoms with van der Waals surface area (Å²) in [7, 11) is 0. The van der Waals surface area contributed by atoms with Gasteiger partial charge in [-0.2, -0.15) is 0 Å². The quantitative estimate of drug-likeness (QED) is 0.624. The average molecular weight is 365 g/mol. The molecule has 0 aliphatic carbocycles. The molecule has 0 fully saturated rings. The van der Waals surface area contributed by atoms with Crippen molar-refractivity contribution < 1.29 is 4.79 Å². The SMILES string of the molecule is CC(=O)N1c2c(ccc3ccccc23)C(Nc2ccc(Cl)cc2)CC1C. The summed E-state index contributed by atoms with van der Waals surface area (Å²) in [5.74, 6) is 0.0834. The Morgan fingerprint density at radius 1 is 1.08 bits per heavy atom. The first-order valence-corrected chi connectivity index (χ1v) is 9.26. The van der Waals surface area contributed by atoms with Crippen LogP contribution in [0.5, 0.6) is 0 Å². The number of carbonyl (C=O) groups excluding carboxylic acids is 1. The summed E-state index contributed by atoms with van der Waals surface area (Å²) in [5, 5.41) is 6.62. The smallest absolute Gasteiger partial charge is 0.224 e. The summed E-state index contributed by atoms with van der Waals surface area (Å²) in [6.07, 6.45) is 0.855.